The van der Waals surface area contributed by atoms with E-state index in [9.17, 15) is 0 Å². The molecule has 0 N–H and O–H groups in total. The highest BCUT2D eigenvalue weighted by atomic mass is 79.9. The molecule has 0 radical (unpaired) electrons. The average molecular weight is 284 g/mol. The normalized spacial score (nSPS) is 11.1. The van der Waals surface area contributed by atoms with Crippen molar-refractivity contribution in [2.75, 3.05) is 32.9 Å². The minimum atomic E-state index is 0. The van der Waals surface area contributed by atoms with Gasteiger partial charge in [0.15, 0.2) is 0 Å². The van der Waals surface area contributed by atoms with Gasteiger partial charge < -0.3 is 21.5 Å². The summed E-state index contributed by atoms with van der Waals surface area (Å²) < 4.78 is 1.17. The summed E-state index contributed by atoms with van der Waals surface area (Å²) in [5.41, 5.74) is 0. The van der Waals surface area contributed by atoms with Crippen LogP contribution in [-0.4, -0.2) is 37.4 Å². The zero-order valence-electron chi connectivity index (χ0n) is 9.93. The zero-order chi connectivity index (χ0) is 10.2. The highest BCUT2D eigenvalue weighted by molar-refractivity contribution is 7.80. The van der Waals surface area contributed by atoms with E-state index in [4.69, 9.17) is 0 Å². The lowest BCUT2D eigenvalue weighted by Gasteiger charge is -2.29. The second-order valence-corrected chi connectivity index (χ2v) is 4.97. The van der Waals surface area contributed by atoms with Crippen molar-refractivity contribution in [3.63, 3.8) is 0 Å². The summed E-state index contributed by atoms with van der Waals surface area (Å²) in [6.45, 7) is 4.87. The number of thiol groups is 1. The first-order valence-electron chi connectivity index (χ1n) is 5.55. The molecule has 0 aromatic rings. The summed E-state index contributed by atoms with van der Waals surface area (Å²) in [5.74, 6) is 1.02. The van der Waals surface area contributed by atoms with E-state index in [1.54, 1.807) is 0 Å². The van der Waals surface area contributed by atoms with E-state index >= 15 is 0 Å². The molecule has 0 spiro atoms. The minimum absolute atomic E-state index is 0. The Labute approximate surface area is 106 Å². The van der Waals surface area contributed by atoms with Gasteiger partial charge in [-0.3, -0.25) is 0 Å². The zero-order valence-corrected chi connectivity index (χ0v) is 12.4. The van der Waals surface area contributed by atoms with Gasteiger partial charge in [-0.05, 0) is 18.6 Å². The smallest absolute Gasteiger partial charge is 0.0790 e. The third-order valence-corrected chi connectivity index (χ3v) is 2.85. The van der Waals surface area contributed by atoms with Crippen molar-refractivity contribution in [2.24, 2.45) is 0 Å². The van der Waals surface area contributed by atoms with Crippen molar-refractivity contribution in [1.82, 2.24) is 0 Å². The van der Waals surface area contributed by atoms with Crippen LogP contribution < -0.4 is 17.0 Å². The Morgan fingerprint density at radius 1 is 0.929 bits per heavy atom. The van der Waals surface area contributed by atoms with Gasteiger partial charge in [-0.15, -0.1) is 0 Å². The summed E-state index contributed by atoms with van der Waals surface area (Å²) in [5, 5.41) is 0. The van der Waals surface area contributed by atoms with E-state index in [-0.39, 0.29) is 17.0 Å². The van der Waals surface area contributed by atoms with Crippen LogP contribution in [0, 0.1) is 0 Å². The predicted molar refractivity (Wildman–Crippen MR) is 64.5 cm³/mol. The van der Waals surface area contributed by atoms with Crippen molar-refractivity contribution in [1.29, 1.82) is 0 Å². The van der Waals surface area contributed by atoms with Gasteiger partial charge in [0.05, 0.1) is 27.2 Å². The Balaban J connectivity index is 0. The maximum Gasteiger partial charge on any atom is 0.0790 e. The van der Waals surface area contributed by atoms with Crippen LogP contribution in [0.15, 0.2) is 0 Å². The molecule has 0 aliphatic carbocycles. The summed E-state index contributed by atoms with van der Waals surface area (Å²) in [4.78, 5) is 0. The van der Waals surface area contributed by atoms with E-state index < -0.39 is 0 Å². The molecule has 0 amide bonds. The summed E-state index contributed by atoms with van der Waals surface area (Å²) in [6.07, 6.45) is 6.76. The monoisotopic (exact) mass is 283 g/mol. The highest BCUT2D eigenvalue weighted by Gasteiger charge is 2.12. The van der Waals surface area contributed by atoms with Crippen LogP contribution in [0.1, 0.15) is 39.0 Å². The fraction of sp³-hybridized carbons (Fsp3) is 1.00. The summed E-state index contributed by atoms with van der Waals surface area (Å²) in [6, 6.07) is 0. The Morgan fingerprint density at radius 3 is 2.00 bits per heavy atom. The lowest BCUT2D eigenvalue weighted by molar-refractivity contribution is -0.890. The fourth-order valence-corrected chi connectivity index (χ4v) is 1.72. The molecule has 88 valence electrons. The van der Waals surface area contributed by atoms with E-state index in [1.807, 2.05) is 0 Å². The second kappa shape index (κ2) is 10.3. The molecule has 14 heavy (non-hydrogen) atoms. The van der Waals surface area contributed by atoms with Crippen LogP contribution >= 0.6 is 12.6 Å². The van der Waals surface area contributed by atoms with Crippen LogP contribution in [0.4, 0.5) is 0 Å². The molecule has 0 saturated heterocycles. The predicted octanol–water partition coefficient (Wildman–Crippen LogP) is -0.0330. The lowest BCUT2D eigenvalue weighted by atomic mass is 10.2. The number of unbranched alkanes of at least 4 members (excludes halogenated alkanes) is 3. The van der Waals surface area contributed by atoms with E-state index in [2.05, 4.69) is 33.6 Å². The van der Waals surface area contributed by atoms with Gasteiger partial charge in [-0.25, -0.2) is 0 Å². The molecule has 0 aromatic carbocycles. The maximum atomic E-state index is 4.25. The highest BCUT2D eigenvalue weighted by Crippen LogP contribution is 2.06. The van der Waals surface area contributed by atoms with Gasteiger partial charge in [0.25, 0.3) is 0 Å². The molecule has 0 bridgehead atoms. The molecule has 0 saturated carbocycles. The standard InChI is InChI=1S/C11H25NS.BrH/c1-4-5-6-7-9-12(2,3)10-8-11-13;/h4-11H2,1-3H3;1H. The number of halogens is 1. The largest absolute Gasteiger partial charge is 1.00 e. The number of rotatable bonds is 8. The Morgan fingerprint density at radius 2 is 1.50 bits per heavy atom. The molecular formula is C11H26BrNS. The number of quaternary nitrogens is 1. The Hall–Kier alpha value is 0.790. The minimum Gasteiger partial charge on any atom is -1.00 e. The summed E-state index contributed by atoms with van der Waals surface area (Å²) >= 11 is 4.25. The van der Waals surface area contributed by atoms with Gasteiger partial charge in [-0.2, -0.15) is 12.6 Å². The van der Waals surface area contributed by atoms with Crippen molar-refractivity contribution >= 4 is 12.6 Å². The molecule has 0 rings (SSSR count). The molecule has 0 aliphatic heterocycles. The van der Waals surface area contributed by atoms with Gasteiger partial charge in [0.1, 0.15) is 0 Å². The Kier molecular flexibility index (Phi) is 12.7. The first kappa shape index (κ1) is 17.2. The van der Waals surface area contributed by atoms with Crippen molar-refractivity contribution in [3.05, 3.63) is 0 Å². The SMILES string of the molecule is CCCCCC[N+](C)(C)CCCS.[Br-]. The first-order chi connectivity index (χ1) is 6.12. The number of nitrogens with zero attached hydrogens (tertiary/aromatic N) is 1. The average Bonchev–Trinajstić information content (AvgIpc) is 2.09. The van der Waals surface area contributed by atoms with Crippen LogP contribution in [0.25, 0.3) is 0 Å². The second-order valence-electron chi connectivity index (χ2n) is 4.52. The molecule has 0 heterocycles. The van der Waals surface area contributed by atoms with Gasteiger partial charge in [0, 0.05) is 6.42 Å². The first-order valence-corrected chi connectivity index (χ1v) is 6.18. The fourth-order valence-electron chi connectivity index (χ4n) is 1.58. The third-order valence-electron chi connectivity index (χ3n) is 2.54. The van der Waals surface area contributed by atoms with Crippen molar-refractivity contribution < 1.29 is 21.5 Å². The number of hydrogen-bond acceptors (Lipinski definition) is 1. The van der Waals surface area contributed by atoms with Crippen molar-refractivity contribution in [3.8, 4) is 0 Å². The quantitative estimate of drug-likeness (QED) is 0.361. The van der Waals surface area contributed by atoms with E-state index in [0.717, 1.165) is 5.75 Å². The van der Waals surface area contributed by atoms with E-state index in [0.29, 0.717) is 0 Å². The summed E-state index contributed by atoms with van der Waals surface area (Å²) in [7, 11) is 4.66. The van der Waals surface area contributed by atoms with Gasteiger partial charge >= 0.3 is 0 Å². The van der Waals surface area contributed by atoms with Gasteiger partial charge in [-0.1, -0.05) is 19.8 Å². The van der Waals surface area contributed by atoms with Crippen molar-refractivity contribution in [2.45, 2.75) is 39.0 Å². The molecule has 3 heteroatoms. The molecule has 1 nitrogen and oxygen atoms in total. The van der Waals surface area contributed by atoms with E-state index in [1.165, 1.54) is 49.7 Å². The lowest BCUT2D eigenvalue weighted by Crippen LogP contribution is -3.00. The van der Waals surface area contributed by atoms with Crippen LogP contribution in [0.5, 0.6) is 0 Å². The molecule has 0 fully saturated rings. The maximum absolute atomic E-state index is 4.25. The molecule has 0 unspecified atom stereocenters. The van der Waals surface area contributed by atoms with Crippen LogP contribution in [0.2, 0.25) is 0 Å². The van der Waals surface area contributed by atoms with Gasteiger partial charge in [0.2, 0.25) is 0 Å². The molecule has 0 aromatic heterocycles. The third kappa shape index (κ3) is 10.9. The molecular weight excluding hydrogens is 258 g/mol. The van der Waals surface area contributed by atoms with Crippen LogP contribution in [-0.2, 0) is 0 Å². The molecule has 0 atom stereocenters. The topological polar surface area (TPSA) is 0 Å². The molecule has 0 aliphatic rings. The number of hydrogen-bond donors (Lipinski definition) is 1. The Bertz CT molecular complexity index is 118. The van der Waals surface area contributed by atoms with Crippen LogP contribution in [0.3, 0.4) is 0 Å².